The van der Waals surface area contributed by atoms with Crippen molar-refractivity contribution in [2.75, 3.05) is 0 Å². The van der Waals surface area contributed by atoms with Gasteiger partial charge in [0, 0.05) is 5.92 Å². The summed E-state index contributed by atoms with van der Waals surface area (Å²) in [5, 5.41) is 9.67. The van der Waals surface area contributed by atoms with Crippen LogP contribution in [0.25, 0.3) is 0 Å². The Balaban J connectivity index is 4.03. The molecule has 0 rings (SSSR count). The zero-order valence-electron chi connectivity index (χ0n) is 19.9. The molecule has 172 valence electrons. The fourth-order valence-corrected chi connectivity index (χ4v) is 4.36. The van der Waals surface area contributed by atoms with Crippen molar-refractivity contribution in [2.45, 2.75) is 143 Å². The Hall–Kier alpha value is -0.860. The van der Waals surface area contributed by atoms with Crippen LogP contribution in [-0.4, -0.2) is 16.9 Å². The van der Waals surface area contributed by atoms with Gasteiger partial charge in [-0.15, -0.1) is 0 Å². The molecule has 0 aromatic heterocycles. The minimum absolute atomic E-state index is 0.0660. The van der Waals surface area contributed by atoms with Gasteiger partial charge in [0.15, 0.2) is 0 Å². The van der Waals surface area contributed by atoms with Gasteiger partial charge in [-0.05, 0) is 19.8 Å². The standard InChI is InChI=1S/C26H50O3/c1-4-6-8-10-12-13-14-16-17-19-21-24(23(3)27)25(26(28)29)22-20-18-15-11-9-7-5-2/h24-25H,4-22H2,1-3H3,(H,28,29). The fraction of sp³-hybridized carbons (Fsp3) is 0.923. The van der Waals surface area contributed by atoms with Gasteiger partial charge in [-0.2, -0.15) is 0 Å². The first-order chi connectivity index (χ1) is 14.0. The maximum atomic E-state index is 12.1. The molecular weight excluding hydrogens is 360 g/mol. The lowest BCUT2D eigenvalue weighted by molar-refractivity contribution is -0.147. The van der Waals surface area contributed by atoms with Crippen molar-refractivity contribution < 1.29 is 14.7 Å². The summed E-state index contributed by atoms with van der Waals surface area (Å²) in [6.45, 7) is 6.05. The minimum Gasteiger partial charge on any atom is -0.481 e. The molecule has 0 aromatic carbocycles. The third-order valence-corrected chi connectivity index (χ3v) is 6.31. The maximum absolute atomic E-state index is 12.1. The Bertz CT molecular complexity index is 391. The molecule has 0 aliphatic heterocycles. The molecule has 2 atom stereocenters. The minimum atomic E-state index is -0.775. The number of carbonyl (C=O) groups excluding carboxylic acids is 1. The van der Waals surface area contributed by atoms with Crippen LogP contribution in [0.3, 0.4) is 0 Å². The molecule has 0 fully saturated rings. The third kappa shape index (κ3) is 16.6. The van der Waals surface area contributed by atoms with Gasteiger partial charge in [0.1, 0.15) is 5.78 Å². The van der Waals surface area contributed by atoms with Gasteiger partial charge in [-0.1, -0.05) is 123 Å². The highest BCUT2D eigenvalue weighted by molar-refractivity contribution is 5.84. The average Bonchev–Trinajstić information content (AvgIpc) is 2.68. The summed E-state index contributed by atoms with van der Waals surface area (Å²) in [6, 6.07) is 0. The highest BCUT2D eigenvalue weighted by Crippen LogP contribution is 2.26. The first-order valence-corrected chi connectivity index (χ1v) is 12.8. The van der Waals surface area contributed by atoms with Crippen molar-refractivity contribution in [3.05, 3.63) is 0 Å². The number of carboxylic acid groups (broad SMARTS) is 1. The SMILES string of the molecule is CCCCCCCCCCCCC(C(C)=O)C(CCCCCCCCC)C(=O)O. The molecule has 3 nitrogen and oxygen atoms in total. The largest absolute Gasteiger partial charge is 0.481 e. The van der Waals surface area contributed by atoms with E-state index in [0.717, 1.165) is 32.1 Å². The number of unbranched alkanes of at least 4 members (excludes halogenated alkanes) is 15. The summed E-state index contributed by atoms with van der Waals surface area (Å²) >= 11 is 0. The summed E-state index contributed by atoms with van der Waals surface area (Å²) in [5.74, 6) is -1.48. The Morgan fingerprint density at radius 3 is 1.17 bits per heavy atom. The van der Waals surface area contributed by atoms with Crippen LogP contribution in [0, 0.1) is 11.8 Å². The van der Waals surface area contributed by atoms with E-state index in [4.69, 9.17) is 0 Å². The number of hydrogen-bond acceptors (Lipinski definition) is 2. The molecule has 0 bridgehead atoms. The lowest BCUT2D eigenvalue weighted by Crippen LogP contribution is -2.28. The van der Waals surface area contributed by atoms with E-state index in [9.17, 15) is 14.7 Å². The van der Waals surface area contributed by atoms with Gasteiger partial charge in [-0.3, -0.25) is 9.59 Å². The molecule has 0 aliphatic carbocycles. The Labute approximate surface area is 181 Å². The van der Waals surface area contributed by atoms with Crippen LogP contribution in [0.2, 0.25) is 0 Å². The summed E-state index contributed by atoms with van der Waals surface area (Å²) < 4.78 is 0. The number of ketones is 1. The van der Waals surface area contributed by atoms with Crippen LogP contribution in [0.5, 0.6) is 0 Å². The fourth-order valence-electron chi connectivity index (χ4n) is 4.36. The molecule has 0 heterocycles. The smallest absolute Gasteiger partial charge is 0.307 e. The van der Waals surface area contributed by atoms with Crippen LogP contribution >= 0.6 is 0 Å². The quantitative estimate of drug-likeness (QED) is 0.182. The number of Topliss-reactive ketones (excluding diaryl/α,β-unsaturated/α-hetero) is 1. The first-order valence-electron chi connectivity index (χ1n) is 12.8. The molecule has 1 N–H and O–H groups in total. The Kier molecular flexibility index (Phi) is 19.8. The van der Waals surface area contributed by atoms with Gasteiger partial charge in [-0.25, -0.2) is 0 Å². The zero-order chi connectivity index (χ0) is 21.7. The second-order valence-corrected chi connectivity index (χ2v) is 9.04. The van der Waals surface area contributed by atoms with Crippen LogP contribution < -0.4 is 0 Å². The highest BCUT2D eigenvalue weighted by atomic mass is 16.4. The van der Waals surface area contributed by atoms with E-state index in [1.807, 2.05) is 0 Å². The van der Waals surface area contributed by atoms with Crippen LogP contribution in [0.1, 0.15) is 143 Å². The van der Waals surface area contributed by atoms with Gasteiger partial charge in [0.25, 0.3) is 0 Å². The molecule has 0 aliphatic rings. The molecule has 0 aromatic rings. The molecule has 0 amide bonds. The molecule has 3 heteroatoms. The first kappa shape index (κ1) is 28.1. The van der Waals surface area contributed by atoms with Crippen molar-refractivity contribution in [3.63, 3.8) is 0 Å². The molecule has 0 saturated heterocycles. The van der Waals surface area contributed by atoms with E-state index in [-0.39, 0.29) is 11.7 Å². The lowest BCUT2D eigenvalue weighted by Gasteiger charge is -2.22. The third-order valence-electron chi connectivity index (χ3n) is 6.31. The number of hydrogen-bond donors (Lipinski definition) is 1. The van der Waals surface area contributed by atoms with Crippen molar-refractivity contribution in [2.24, 2.45) is 11.8 Å². The number of rotatable bonds is 22. The highest BCUT2D eigenvalue weighted by Gasteiger charge is 2.30. The van der Waals surface area contributed by atoms with Crippen molar-refractivity contribution in [1.29, 1.82) is 0 Å². The van der Waals surface area contributed by atoms with E-state index in [2.05, 4.69) is 13.8 Å². The average molecular weight is 411 g/mol. The molecular formula is C26H50O3. The molecule has 2 unspecified atom stereocenters. The lowest BCUT2D eigenvalue weighted by atomic mass is 9.81. The van der Waals surface area contributed by atoms with Gasteiger partial charge in [0.2, 0.25) is 0 Å². The summed E-state index contributed by atoms with van der Waals surface area (Å²) in [4.78, 5) is 23.9. The van der Waals surface area contributed by atoms with E-state index < -0.39 is 11.9 Å². The summed E-state index contributed by atoms with van der Waals surface area (Å²) in [5.41, 5.74) is 0. The Morgan fingerprint density at radius 2 is 0.862 bits per heavy atom. The monoisotopic (exact) mass is 410 g/mol. The van der Waals surface area contributed by atoms with E-state index in [1.54, 1.807) is 6.92 Å². The van der Waals surface area contributed by atoms with Crippen LogP contribution in [0.15, 0.2) is 0 Å². The zero-order valence-corrected chi connectivity index (χ0v) is 19.9. The normalized spacial score (nSPS) is 13.3. The molecule has 0 radical (unpaired) electrons. The number of carbonyl (C=O) groups is 2. The number of carboxylic acids is 1. The van der Waals surface area contributed by atoms with E-state index >= 15 is 0 Å². The van der Waals surface area contributed by atoms with Gasteiger partial charge < -0.3 is 5.11 Å². The molecule has 0 spiro atoms. The van der Waals surface area contributed by atoms with Gasteiger partial charge in [0.05, 0.1) is 5.92 Å². The number of aliphatic carboxylic acids is 1. The topological polar surface area (TPSA) is 54.4 Å². The maximum Gasteiger partial charge on any atom is 0.307 e. The van der Waals surface area contributed by atoms with Crippen LogP contribution in [0.4, 0.5) is 0 Å². The summed E-state index contributed by atoms with van der Waals surface area (Å²) in [6.07, 6.45) is 22.4. The van der Waals surface area contributed by atoms with Crippen molar-refractivity contribution >= 4 is 11.8 Å². The van der Waals surface area contributed by atoms with E-state index in [1.165, 1.54) is 83.5 Å². The predicted molar refractivity (Wildman–Crippen MR) is 124 cm³/mol. The van der Waals surface area contributed by atoms with E-state index in [0.29, 0.717) is 6.42 Å². The Morgan fingerprint density at radius 1 is 0.552 bits per heavy atom. The second kappa shape index (κ2) is 20.4. The second-order valence-electron chi connectivity index (χ2n) is 9.04. The van der Waals surface area contributed by atoms with Crippen LogP contribution in [-0.2, 0) is 9.59 Å². The predicted octanol–water partition coefficient (Wildman–Crippen LogP) is 8.34. The van der Waals surface area contributed by atoms with Crippen molar-refractivity contribution in [1.82, 2.24) is 0 Å². The molecule has 0 saturated carbocycles. The van der Waals surface area contributed by atoms with Gasteiger partial charge >= 0.3 is 5.97 Å². The molecule has 29 heavy (non-hydrogen) atoms. The van der Waals surface area contributed by atoms with Crippen molar-refractivity contribution in [3.8, 4) is 0 Å². The summed E-state index contributed by atoms with van der Waals surface area (Å²) in [7, 11) is 0.